The predicted molar refractivity (Wildman–Crippen MR) is 100 cm³/mol. The lowest BCUT2D eigenvalue weighted by molar-refractivity contribution is -0.137. The first-order valence-electron chi connectivity index (χ1n) is 9.83. The monoisotopic (exact) mass is 350 g/mol. The molecule has 2 N–H and O–H groups in total. The second-order valence-corrected chi connectivity index (χ2v) is 7.06. The molecule has 4 heteroatoms. The number of carbonyl (C=O) groups is 2. The highest BCUT2D eigenvalue weighted by Crippen LogP contribution is 2.31. The number of aliphatic carboxylic acids is 1. The minimum atomic E-state index is -0.776. The van der Waals surface area contributed by atoms with Crippen LogP contribution in [0.25, 0.3) is 0 Å². The lowest BCUT2D eigenvalue weighted by Crippen LogP contribution is -2.26. The Morgan fingerprint density at radius 3 is 2.60 bits per heavy atom. The number of hydrogen-bond donors (Lipinski definition) is 2. The third-order valence-corrected chi connectivity index (χ3v) is 4.93. The zero-order valence-electron chi connectivity index (χ0n) is 15.5. The molecule has 1 rings (SSSR count). The molecule has 4 nitrogen and oxygen atoms in total. The van der Waals surface area contributed by atoms with Crippen molar-refractivity contribution in [1.29, 1.82) is 0 Å². The number of rotatable bonds is 14. The van der Waals surface area contributed by atoms with Gasteiger partial charge in [0.2, 0.25) is 0 Å². The fourth-order valence-corrected chi connectivity index (χ4v) is 3.38. The quantitative estimate of drug-likeness (QED) is 0.353. The van der Waals surface area contributed by atoms with Crippen LogP contribution in [-0.2, 0) is 9.59 Å². The summed E-state index contributed by atoms with van der Waals surface area (Å²) in [7, 11) is 0. The molecule has 0 aromatic carbocycles. The molecular weight excluding hydrogens is 316 g/mol. The van der Waals surface area contributed by atoms with Crippen LogP contribution < -0.4 is 0 Å². The molecule has 0 saturated carbocycles. The maximum atomic E-state index is 12.0. The standard InChI is InChI=1S/C21H34O4/c1-2-3-4-5-6-10-13-19(22)18-15-16-20(23)17(18)12-9-7-8-11-14-21(24)25/h7,9,15-19,22H,2-6,8,10-14H2,1H3,(H,24,25)/t17-,18+,19?/m1/s1. The van der Waals surface area contributed by atoms with Gasteiger partial charge in [0.05, 0.1) is 6.10 Å². The Kier molecular flexibility index (Phi) is 11.1. The van der Waals surface area contributed by atoms with E-state index in [9.17, 15) is 14.7 Å². The second kappa shape index (κ2) is 12.9. The summed E-state index contributed by atoms with van der Waals surface area (Å²) in [6.07, 6.45) is 17.0. The van der Waals surface area contributed by atoms with E-state index in [0.29, 0.717) is 19.3 Å². The first-order valence-corrected chi connectivity index (χ1v) is 9.83. The van der Waals surface area contributed by atoms with Gasteiger partial charge in [0, 0.05) is 18.3 Å². The normalized spacial score (nSPS) is 21.3. The molecule has 0 spiro atoms. The topological polar surface area (TPSA) is 74.6 Å². The van der Waals surface area contributed by atoms with Crippen molar-refractivity contribution in [3.05, 3.63) is 24.3 Å². The zero-order chi connectivity index (χ0) is 18.5. The van der Waals surface area contributed by atoms with Gasteiger partial charge in [-0.25, -0.2) is 0 Å². The van der Waals surface area contributed by atoms with Crippen molar-refractivity contribution in [2.75, 3.05) is 0 Å². The molecule has 0 aromatic heterocycles. The van der Waals surface area contributed by atoms with Crippen LogP contribution in [0.4, 0.5) is 0 Å². The van der Waals surface area contributed by atoms with Crippen LogP contribution >= 0.6 is 0 Å². The summed E-state index contributed by atoms with van der Waals surface area (Å²) in [5.74, 6) is -0.916. The Bertz CT molecular complexity index is 453. The van der Waals surface area contributed by atoms with E-state index >= 15 is 0 Å². The Balaban J connectivity index is 2.29. The first-order chi connectivity index (χ1) is 12.1. The van der Waals surface area contributed by atoms with E-state index in [1.54, 1.807) is 6.08 Å². The van der Waals surface area contributed by atoms with Gasteiger partial charge in [-0.05, 0) is 31.8 Å². The number of carbonyl (C=O) groups excluding carboxylic acids is 1. The summed E-state index contributed by atoms with van der Waals surface area (Å²) < 4.78 is 0. The maximum Gasteiger partial charge on any atom is 0.303 e. The van der Waals surface area contributed by atoms with Crippen LogP contribution in [0.2, 0.25) is 0 Å². The first kappa shape index (κ1) is 21.6. The molecule has 0 aromatic rings. The van der Waals surface area contributed by atoms with Gasteiger partial charge in [-0.2, -0.15) is 0 Å². The van der Waals surface area contributed by atoms with Gasteiger partial charge >= 0.3 is 5.97 Å². The number of hydrogen-bond acceptors (Lipinski definition) is 3. The molecule has 0 amide bonds. The maximum absolute atomic E-state index is 12.0. The van der Waals surface area contributed by atoms with Crippen molar-refractivity contribution in [2.24, 2.45) is 11.8 Å². The van der Waals surface area contributed by atoms with E-state index in [1.807, 2.05) is 18.2 Å². The summed E-state index contributed by atoms with van der Waals surface area (Å²) in [6.45, 7) is 2.20. The van der Waals surface area contributed by atoms with Gasteiger partial charge in [0.25, 0.3) is 0 Å². The van der Waals surface area contributed by atoms with Crippen LogP contribution in [0.1, 0.15) is 77.6 Å². The summed E-state index contributed by atoms with van der Waals surface area (Å²) in [5.41, 5.74) is 0. The number of aliphatic hydroxyl groups excluding tert-OH is 1. The van der Waals surface area contributed by atoms with E-state index in [-0.39, 0.29) is 24.0 Å². The Morgan fingerprint density at radius 1 is 1.16 bits per heavy atom. The van der Waals surface area contributed by atoms with E-state index < -0.39 is 12.1 Å². The Labute approximate surface area is 152 Å². The molecule has 0 saturated heterocycles. The molecule has 0 aliphatic heterocycles. The third kappa shape index (κ3) is 9.01. The molecule has 25 heavy (non-hydrogen) atoms. The highest BCUT2D eigenvalue weighted by atomic mass is 16.4. The molecule has 3 atom stereocenters. The molecule has 1 aliphatic rings. The molecule has 0 heterocycles. The number of carboxylic acid groups (broad SMARTS) is 1. The van der Waals surface area contributed by atoms with Crippen LogP contribution in [0.5, 0.6) is 0 Å². The number of aliphatic hydroxyl groups is 1. The highest BCUT2D eigenvalue weighted by molar-refractivity contribution is 5.94. The molecular formula is C21H34O4. The highest BCUT2D eigenvalue weighted by Gasteiger charge is 2.33. The van der Waals surface area contributed by atoms with E-state index in [0.717, 1.165) is 19.3 Å². The fourth-order valence-electron chi connectivity index (χ4n) is 3.38. The average Bonchev–Trinajstić information content (AvgIpc) is 2.94. The van der Waals surface area contributed by atoms with Crippen molar-refractivity contribution in [2.45, 2.75) is 83.7 Å². The number of allylic oxidation sites excluding steroid dienone is 3. The van der Waals surface area contributed by atoms with Gasteiger partial charge in [-0.15, -0.1) is 0 Å². The smallest absolute Gasteiger partial charge is 0.303 e. The van der Waals surface area contributed by atoms with E-state index in [1.165, 1.54) is 25.7 Å². The molecule has 0 bridgehead atoms. The predicted octanol–water partition coefficient (Wildman–Crippen LogP) is 4.67. The van der Waals surface area contributed by atoms with Crippen LogP contribution in [0.3, 0.4) is 0 Å². The van der Waals surface area contributed by atoms with Crippen LogP contribution in [0.15, 0.2) is 24.3 Å². The summed E-state index contributed by atoms with van der Waals surface area (Å²) in [4.78, 5) is 22.5. The molecule has 142 valence electrons. The van der Waals surface area contributed by atoms with Gasteiger partial charge in [-0.3, -0.25) is 9.59 Å². The number of ketones is 1. The van der Waals surface area contributed by atoms with Crippen molar-refractivity contribution in [1.82, 2.24) is 0 Å². The molecule has 0 radical (unpaired) electrons. The fraction of sp³-hybridized carbons (Fsp3) is 0.714. The van der Waals surface area contributed by atoms with Crippen molar-refractivity contribution in [3.63, 3.8) is 0 Å². The van der Waals surface area contributed by atoms with Gasteiger partial charge in [-0.1, -0.05) is 63.7 Å². The third-order valence-electron chi connectivity index (χ3n) is 4.93. The minimum absolute atomic E-state index is 0.0770. The molecule has 1 unspecified atom stereocenters. The Hall–Kier alpha value is -1.42. The largest absolute Gasteiger partial charge is 0.481 e. The lowest BCUT2D eigenvalue weighted by atomic mass is 9.85. The van der Waals surface area contributed by atoms with Crippen molar-refractivity contribution >= 4 is 11.8 Å². The lowest BCUT2D eigenvalue weighted by Gasteiger charge is -2.22. The van der Waals surface area contributed by atoms with Crippen LogP contribution in [0, 0.1) is 11.8 Å². The number of unbranched alkanes of at least 4 members (excludes halogenated alkanes) is 6. The summed E-state index contributed by atoms with van der Waals surface area (Å²) >= 11 is 0. The summed E-state index contributed by atoms with van der Waals surface area (Å²) in [6, 6.07) is 0. The minimum Gasteiger partial charge on any atom is -0.481 e. The molecule has 1 aliphatic carbocycles. The zero-order valence-corrected chi connectivity index (χ0v) is 15.5. The summed E-state index contributed by atoms with van der Waals surface area (Å²) in [5, 5.41) is 19.0. The van der Waals surface area contributed by atoms with Crippen LogP contribution in [-0.4, -0.2) is 28.1 Å². The van der Waals surface area contributed by atoms with Gasteiger partial charge < -0.3 is 10.2 Å². The second-order valence-electron chi connectivity index (χ2n) is 7.06. The molecule has 0 fully saturated rings. The average molecular weight is 350 g/mol. The number of carboxylic acids is 1. The van der Waals surface area contributed by atoms with Gasteiger partial charge in [0.1, 0.15) is 0 Å². The van der Waals surface area contributed by atoms with E-state index in [4.69, 9.17) is 5.11 Å². The van der Waals surface area contributed by atoms with Crippen molar-refractivity contribution < 1.29 is 19.8 Å². The van der Waals surface area contributed by atoms with Gasteiger partial charge in [0.15, 0.2) is 5.78 Å². The van der Waals surface area contributed by atoms with E-state index in [2.05, 4.69) is 6.92 Å². The van der Waals surface area contributed by atoms with Crippen molar-refractivity contribution in [3.8, 4) is 0 Å². The SMILES string of the molecule is CCCCCCCCC(O)[C@H]1C=CC(=O)[C@@H]1CC=CCCCC(=O)O. The Morgan fingerprint density at radius 2 is 1.88 bits per heavy atom.